The normalized spacial score (nSPS) is 11.8. The summed E-state index contributed by atoms with van der Waals surface area (Å²) in [6, 6.07) is 5.82. The van der Waals surface area contributed by atoms with Gasteiger partial charge in [-0.25, -0.2) is 0 Å². The molecule has 2 N–H and O–H groups in total. The first-order valence-electron chi connectivity index (χ1n) is 6.87. The molecule has 0 radical (unpaired) electrons. The third-order valence-electron chi connectivity index (χ3n) is 3.03. The van der Waals surface area contributed by atoms with Crippen molar-refractivity contribution in [3.05, 3.63) is 23.8 Å². The average molecular weight is 280 g/mol. The summed E-state index contributed by atoms with van der Waals surface area (Å²) in [4.78, 5) is 11.3. The third kappa shape index (κ3) is 4.74. The molecule has 0 heterocycles. The van der Waals surface area contributed by atoms with Crippen LogP contribution in [0.1, 0.15) is 31.9 Å². The molecule has 1 amide bonds. The van der Waals surface area contributed by atoms with Crippen molar-refractivity contribution in [1.82, 2.24) is 10.6 Å². The van der Waals surface area contributed by atoms with Gasteiger partial charge in [-0.3, -0.25) is 4.79 Å². The van der Waals surface area contributed by atoms with E-state index >= 15 is 0 Å². The monoisotopic (exact) mass is 280 g/mol. The highest BCUT2D eigenvalue weighted by atomic mass is 16.5. The highest BCUT2D eigenvalue weighted by Crippen LogP contribution is 2.29. The molecule has 0 aromatic heterocycles. The minimum atomic E-state index is -0.159. The van der Waals surface area contributed by atoms with E-state index in [0.717, 1.165) is 18.5 Å². The van der Waals surface area contributed by atoms with Crippen molar-refractivity contribution in [3.8, 4) is 11.5 Å². The molecule has 112 valence electrons. The molecule has 0 saturated carbocycles. The topological polar surface area (TPSA) is 59.6 Å². The van der Waals surface area contributed by atoms with Crippen molar-refractivity contribution < 1.29 is 14.3 Å². The van der Waals surface area contributed by atoms with Crippen LogP contribution < -0.4 is 20.1 Å². The summed E-state index contributed by atoms with van der Waals surface area (Å²) < 4.78 is 10.8. The number of ether oxygens (including phenoxy) is 2. The highest BCUT2D eigenvalue weighted by Gasteiger charge is 2.13. The Bertz CT molecular complexity index is 435. The summed E-state index contributed by atoms with van der Waals surface area (Å²) in [6.07, 6.45) is 1.06. The lowest BCUT2D eigenvalue weighted by Gasteiger charge is -2.18. The second-order valence-corrected chi connectivity index (χ2v) is 4.54. The Kier molecular flexibility index (Phi) is 6.87. The summed E-state index contributed by atoms with van der Waals surface area (Å²) in [6.45, 7) is 5.13. The Morgan fingerprint density at radius 2 is 2.15 bits per heavy atom. The first kappa shape index (κ1) is 16.3. The zero-order chi connectivity index (χ0) is 15.0. The second-order valence-electron chi connectivity index (χ2n) is 4.54. The lowest BCUT2D eigenvalue weighted by molar-refractivity contribution is -0.122. The molecule has 5 nitrogen and oxygen atoms in total. The van der Waals surface area contributed by atoms with Crippen molar-refractivity contribution >= 4 is 5.91 Å². The van der Waals surface area contributed by atoms with Crippen LogP contribution in [0.15, 0.2) is 18.2 Å². The molecule has 1 atom stereocenters. The number of amides is 1. The summed E-state index contributed by atoms with van der Waals surface area (Å²) in [7, 11) is 3.19. The van der Waals surface area contributed by atoms with E-state index in [1.54, 1.807) is 14.2 Å². The minimum absolute atomic E-state index is 0.00281. The molecule has 1 unspecified atom stereocenters. The average Bonchev–Trinajstić information content (AvgIpc) is 2.49. The van der Waals surface area contributed by atoms with Crippen LogP contribution in [-0.4, -0.2) is 33.2 Å². The molecule has 1 aromatic carbocycles. The maximum Gasteiger partial charge on any atom is 0.257 e. The molecular weight excluding hydrogens is 256 g/mol. The minimum Gasteiger partial charge on any atom is -0.497 e. The smallest absolute Gasteiger partial charge is 0.257 e. The number of hydrogen-bond acceptors (Lipinski definition) is 4. The first-order valence-corrected chi connectivity index (χ1v) is 6.87. The number of carbonyl (C=O) groups excluding carboxylic acids is 1. The number of methoxy groups -OCH3 is 1. The van der Waals surface area contributed by atoms with Crippen LogP contribution in [0.3, 0.4) is 0 Å². The number of hydrogen-bond donors (Lipinski definition) is 2. The van der Waals surface area contributed by atoms with Gasteiger partial charge in [-0.05, 0) is 26.0 Å². The van der Waals surface area contributed by atoms with Gasteiger partial charge in [0.15, 0.2) is 6.61 Å². The molecule has 1 aromatic rings. The third-order valence-corrected chi connectivity index (χ3v) is 3.03. The molecule has 0 aliphatic heterocycles. The van der Waals surface area contributed by atoms with Crippen molar-refractivity contribution in [1.29, 1.82) is 0 Å². The van der Waals surface area contributed by atoms with Crippen molar-refractivity contribution in [2.45, 2.75) is 26.3 Å². The summed E-state index contributed by atoms with van der Waals surface area (Å²) in [5.74, 6) is 1.22. The fourth-order valence-electron chi connectivity index (χ4n) is 1.81. The standard InChI is InChI=1S/C15H24N2O3/c1-5-8-17-11(2)13-7-6-12(19-4)9-14(13)20-10-15(18)16-3/h6-7,9,11,17H,5,8,10H2,1-4H3,(H,16,18). The Morgan fingerprint density at radius 3 is 2.75 bits per heavy atom. The van der Waals surface area contributed by atoms with Crippen molar-refractivity contribution in [3.63, 3.8) is 0 Å². The van der Waals surface area contributed by atoms with Crippen molar-refractivity contribution in [2.75, 3.05) is 27.3 Å². The van der Waals surface area contributed by atoms with E-state index < -0.39 is 0 Å². The Morgan fingerprint density at radius 1 is 1.40 bits per heavy atom. The van der Waals surface area contributed by atoms with Crippen LogP contribution >= 0.6 is 0 Å². The van der Waals surface area contributed by atoms with Gasteiger partial charge in [-0.2, -0.15) is 0 Å². The Balaban J connectivity index is 2.88. The summed E-state index contributed by atoms with van der Waals surface area (Å²) in [5.41, 5.74) is 1.02. The number of benzene rings is 1. The van der Waals surface area contributed by atoms with E-state index in [2.05, 4.69) is 24.5 Å². The molecule has 20 heavy (non-hydrogen) atoms. The van der Waals surface area contributed by atoms with Crippen LogP contribution in [0.2, 0.25) is 0 Å². The number of likely N-dealkylation sites (N-methyl/N-ethyl adjacent to an activating group) is 1. The molecule has 5 heteroatoms. The molecule has 0 aliphatic carbocycles. The van der Waals surface area contributed by atoms with Gasteiger partial charge in [0.05, 0.1) is 7.11 Å². The molecule has 0 spiro atoms. The van der Waals surface area contributed by atoms with E-state index in [0.29, 0.717) is 11.5 Å². The Hall–Kier alpha value is -1.75. The van der Waals surface area contributed by atoms with Gasteiger partial charge in [0.1, 0.15) is 11.5 Å². The summed E-state index contributed by atoms with van der Waals surface area (Å²) in [5, 5.41) is 5.94. The van der Waals surface area contributed by atoms with Gasteiger partial charge in [-0.15, -0.1) is 0 Å². The molecule has 1 rings (SSSR count). The van der Waals surface area contributed by atoms with Crippen LogP contribution in [-0.2, 0) is 4.79 Å². The molecule has 0 aliphatic rings. The second kappa shape index (κ2) is 8.43. The Labute approximate surface area is 120 Å². The molecule has 0 saturated heterocycles. The highest BCUT2D eigenvalue weighted by molar-refractivity contribution is 5.77. The predicted molar refractivity (Wildman–Crippen MR) is 79.3 cm³/mol. The van der Waals surface area contributed by atoms with Gasteiger partial charge in [0, 0.05) is 24.7 Å². The van der Waals surface area contributed by atoms with Gasteiger partial charge in [0.2, 0.25) is 0 Å². The molecule has 0 bridgehead atoms. The van der Waals surface area contributed by atoms with E-state index in [-0.39, 0.29) is 18.6 Å². The first-order chi connectivity index (χ1) is 9.62. The number of rotatable bonds is 8. The maximum atomic E-state index is 11.3. The molecular formula is C15H24N2O3. The maximum absolute atomic E-state index is 11.3. The van der Waals surface area contributed by atoms with Gasteiger partial charge in [-0.1, -0.05) is 13.0 Å². The lowest BCUT2D eigenvalue weighted by atomic mass is 10.1. The van der Waals surface area contributed by atoms with Crippen molar-refractivity contribution in [2.24, 2.45) is 0 Å². The number of nitrogens with one attached hydrogen (secondary N) is 2. The fraction of sp³-hybridized carbons (Fsp3) is 0.533. The quantitative estimate of drug-likeness (QED) is 0.763. The van der Waals surface area contributed by atoms with E-state index in [9.17, 15) is 4.79 Å². The van der Waals surface area contributed by atoms with Gasteiger partial charge >= 0.3 is 0 Å². The van der Waals surface area contributed by atoms with Crippen LogP contribution in [0.4, 0.5) is 0 Å². The SMILES string of the molecule is CCCNC(C)c1ccc(OC)cc1OCC(=O)NC. The van der Waals surface area contributed by atoms with E-state index in [1.165, 1.54) is 0 Å². The summed E-state index contributed by atoms with van der Waals surface area (Å²) >= 11 is 0. The van der Waals surface area contributed by atoms with Crippen LogP contribution in [0.5, 0.6) is 11.5 Å². The lowest BCUT2D eigenvalue weighted by Crippen LogP contribution is -2.26. The van der Waals surface area contributed by atoms with Crippen LogP contribution in [0.25, 0.3) is 0 Å². The van der Waals surface area contributed by atoms with E-state index in [4.69, 9.17) is 9.47 Å². The zero-order valence-electron chi connectivity index (χ0n) is 12.7. The zero-order valence-corrected chi connectivity index (χ0v) is 12.7. The fourth-order valence-corrected chi connectivity index (χ4v) is 1.81. The predicted octanol–water partition coefficient (Wildman–Crippen LogP) is 1.88. The van der Waals surface area contributed by atoms with Gasteiger partial charge in [0.25, 0.3) is 5.91 Å². The molecule has 0 fully saturated rings. The number of carbonyl (C=O) groups is 1. The van der Waals surface area contributed by atoms with Gasteiger partial charge < -0.3 is 20.1 Å². The largest absolute Gasteiger partial charge is 0.497 e. The van der Waals surface area contributed by atoms with E-state index in [1.807, 2.05) is 18.2 Å². The van der Waals surface area contributed by atoms with Crippen LogP contribution in [0, 0.1) is 0 Å².